The molecule has 1 saturated heterocycles. The molecular formula is C19H40IN5O3S. The maximum Gasteiger partial charge on any atom is 0.222 e. The minimum Gasteiger partial charge on any atom is -0.357 e. The predicted octanol–water partition coefficient (Wildman–Crippen LogP) is 1.36. The van der Waals surface area contributed by atoms with Gasteiger partial charge in [-0.3, -0.25) is 9.79 Å². The first-order chi connectivity index (χ1) is 13.3. The molecule has 1 aliphatic rings. The second kappa shape index (κ2) is 15.2. The van der Waals surface area contributed by atoms with Gasteiger partial charge in [-0.2, -0.15) is 0 Å². The highest BCUT2D eigenvalue weighted by atomic mass is 127. The van der Waals surface area contributed by atoms with Gasteiger partial charge in [-0.15, -0.1) is 24.0 Å². The Morgan fingerprint density at radius 3 is 2.48 bits per heavy atom. The van der Waals surface area contributed by atoms with Crippen molar-refractivity contribution in [1.82, 2.24) is 20.9 Å². The largest absolute Gasteiger partial charge is 0.357 e. The molecule has 0 aromatic carbocycles. The van der Waals surface area contributed by atoms with Crippen LogP contribution in [-0.4, -0.2) is 81.5 Å². The normalized spacial score (nSPS) is 19.5. The van der Waals surface area contributed by atoms with Crippen LogP contribution in [0.4, 0.5) is 0 Å². The van der Waals surface area contributed by atoms with Crippen molar-refractivity contribution in [3.63, 3.8) is 0 Å². The number of carbonyl (C=O) groups excluding carboxylic acids is 1. The van der Waals surface area contributed by atoms with Crippen LogP contribution in [0.15, 0.2) is 4.99 Å². The summed E-state index contributed by atoms with van der Waals surface area (Å²) < 4.78 is 22.9. The molecule has 1 rings (SSSR count). The third-order valence-electron chi connectivity index (χ3n) is 4.94. The Hall–Kier alpha value is -0.620. The third kappa shape index (κ3) is 12.6. The smallest absolute Gasteiger partial charge is 0.222 e. The zero-order chi connectivity index (χ0) is 21.0. The van der Waals surface area contributed by atoms with Crippen molar-refractivity contribution in [3.05, 3.63) is 0 Å². The Balaban J connectivity index is 0.00000784. The van der Waals surface area contributed by atoms with E-state index in [0.717, 1.165) is 39.0 Å². The summed E-state index contributed by atoms with van der Waals surface area (Å²) in [5.74, 6) is 0.788. The molecular weight excluding hydrogens is 505 g/mol. The van der Waals surface area contributed by atoms with Crippen LogP contribution in [0.2, 0.25) is 0 Å². The molecule has 0 bridgehead atoms. The van der Waals surface area contributed by atoms with E-state index in [2.05, 4.69) is 46.6 Å². The first kappa shape index (κ1) is 28.4. The van der Waals surface area contributed by atoms with Crippen LogP contribution in [0.25, 0.3) is 0 Å². The molecule has 1 amide bonds. The molecule has 1 aliphatic heterocycles. The van der Waals surface area contributed by atoms with Crippen LogP contribution >= 0.6 is 24.0 Å². The lowest BCUT2D eigenvalue weighted by atomic mass is 10.2. The second-order valence-electron chi connectivity index (χ2n) is 7.39. The SMILES string of the molecule is CCNC(=NCCC(=O)NC1CCS(=O)(=O)C1)NC(C)CCCN(CC)CC.I. The van der Waals surface area contributed by atoms with Gasteiger partial charge in [0, 0.05) is 25.0 Å². The first-order valence-corrected chi connectivity index (χ1v) is 12.4. The average Bonchev–Trinajstić information content (AvgIpc) is 2.97. The number of hydrogen-bond acceptors (Lipinski definition) is 5. The van der Waals surface area contributed by atoms with E-state index in [-0.39, 0.29) is 53.9 Å². The number of carbonyl (C=O) groups is 1. The highest BCUT2D eigenvalue weighted by Gasteiger charge is 2.28. The third-order valence-corrected chi connectivity index (χ3v) is 6.71. The Morgan fingerprint density at radius 1 is 1.24 bits per heavy atom. The zero-order valence-electron chi connectivity index (χ0n) is 18.4. The van der Waals surface area contributed by atoms with Gasteiger partial charge < -0.3 is 20.9 Å². The Labute approximate surface area is 194 Å². The fraction of sp³-hybridized carbons (Fsp3) is 0.895. The molecule has 0 aromatic rings. The van der Waals surface area contributed by atoms with Crippen molar-refractivity contribution in [3.8, 4) is 0 Å². The van der Waals surface area contributed by atoms with Crippen molar-refractivity contribution >= 4 is 45.7 Å². The summed E-state index contributed by atoms with van der Waals surface area (Å²) in [6.45, 7) is 12.9. The summed E-state index contributed by atoms with van der Waals surface area (Å²) in [5, 5.41) is 9.40. The maximum absolute atomic E-state index is 12.0. The van der Waals surface area contributed by atoms with Crippen LogP contribution in [0.3, 0.4) is 0 Å². The summed E-state index contributed by atoms with van der Waals surface area (Å²) in [6.07, 6.45) is 2.94. The predicted molar refractivity (Wildman–Crippen MR) is 131 cm³/mol. The monoisotopic (exact) mass is 545 g/mol. The van der Waals surface area contributed by atoms with E-state index >= 15 is 0 Å². The highest BCUT2D eigenvalue weighted by Crippen LogP contribution is 2.11. The fourth-order valence-corrected chi connectivity index (χ4v) is 4.94. The van der Waals surface area contributed by atoms with Crippen molar-refractivity contribution in [2.24, 2.45) is 4.99 Å². The van der Waals surface area contributed by atoms with E-state index < -0.39 is 9.84 Å². The van der Waals surface area contributed by atoms with E-state index in [1.807, 2.05) is 6.92 Å². The van der Waals surface area contributed by atoms with E-state index in [1.54, 1.807) is 0 Å². The molecule has 10 heteroatoms. The number of amides is 1. The second-order valence-corrected chi connectivity index (χ2v) is 9.62. The van der Waals surface area contributed by atoms with Crippen LogP contribution in [0.5, 0.6) is 0 Å². The lowest BCUT2D eigenvalue weighted by molar-refractivity contribution is -0.121. The summed E-state index contributed by atoms with van der Waals surface area (Å²) in [6, 6.07) is 0.0459. The van der Waals surface area contributed by atoms with E-state index in [9.17, 15) is 13.2 Å². The quantitative estimate of drug-likeness (QED) is 0.195. The lowest BCUT2D eigenvalue weighted by Gasteiger charge is -2.21. The van der Waals surface area contributed by atoms with Gasteiger partial charge in [-0.25, -0.2) is 8.42 Å². The van der Waals surface area contributed by atoms with Crippen LogP contribution < -0.4 is 16.0 Å². The van der Waals surface area contributed by atoms with Gasteiger partial charge >= 0.3 is 0 Å². The highest BCUT2D eigenvalue weighted by molar-refractivity contribution is 14.0. The van der Waals surface area contributed by atoms with Crippen LogP contribution in [0, 0.1) is 0 Å². The van der Waals surface area contributed by atoms with Gasteiger partial charge in [0.15, 0.2) is 15.8 Å². The molecule has 0 radical (unpaired) electrons. The maximum atomic E-state index is 12.0. The molecule has 3 N–H and O–H groups in total. The fourth-order valence-electron chi connectivity index (χ4n) is 3.26. The molecule has 0 aromatic heterocycles. The Kier molecular flexibility index (Phi) is 14.9. The van der Waals surface area contributed by atoms with Gasteiger partial charge in [0.05, 0.1) is 18.1 Å². The van der Waals surface area contributed by atoms with E-state index in [0.29, 0.717) is 25.0 Å². The number of nitrogens with one attached hydrogen (secondary N) is 3. The molecule has 1 fully saturated rings. The van der Waals surface area contributed by atoms with Crippen molar-refractivity contribution in [2.75, 3.05) is 44.2 Å². The van der Waals surface area contributed by atoms with E-state index in [4.69, 9.17) is 0 Å². The Bertz CT molecular complexity index is 597. The van der Waals surface area contributed by atoms with Crippen molar-refractivity contribution in [1.29, 1.82) is 0 Å². The number of guanidine groups is 1. The molecule has 1 heterocycles. The number of halogens is 1. The number of sulfone groups is 1. The standard InChI is InChI=1S/C19H39N5O3S.HI/c1-5-20-19(22-16(4)9-8-13-24(6-2)7-3)21-12-10-18(25)23-17-11-14-28(26,27)15-17;/h16-17H,5-15H2,1-4H3,(H,23,25)(H2,20,21,22);1H. The number of rotatable bonds is 12. The summed E-state index contributed by atoms with van der Waals surface area (Å²) in [5.41, 5.74) is 0. The minimum atomic E-state index is -2.98. The molecule has 172 valence electrons. The van der Waals surface area contributed by atoms with E-state index in [1.165, 1.54) is 0 Å². The van der Waals surface area contributed by atoms with Gasteiger partial charge in [0.25, 0.3) is 0 Å². The van der Waals surface area contributed by atoms with Crippen LogP contribution in [-0.2, 0) is 14.6 Å². The van der Waals surface area contributed by atoms with Crippen LogP contribution in [0.1, 0.15) is 53.4 Å². The van der Waals surface area contributed by atoms with Gasteiger partial charge in [0.1, 0.15) is 0 Å². The zero-order valence-corrected chi connectivity index (χ0v) is 21.5. The molecule has 8 nitrogen and oxygen atoms in total. The van der Waals surface area contributed by atoms with Crippen molar-refractivity contribution in [2.45, 2.75) is 65.5 Å². The van der Waals surface area contributed by atoms with Gasteiger partial charge in [0.2, 0.25) is 5.91 Å². The minimum absolute atomic E-state index is 0. The van der Waals surface area contributed by atoms with Gasteiger partial charge in [-0.05, 0) is 52.7 Å². The molecule has 2 unspecified atom stereocenters. The Morgan fingerprint density at radius 2 is 1.93 bits per heavy atom. The number of hydrogen-bond donors (Lipinski definition) is 3. The van der Waals surface area contributed by atoms with Gasteiger partial charge in [-0.1, -0.05) is 13.8 Å². The molecule has 0 spiro atoms. The average molecular weight is 546 g/mol. The number of nitrogens with zero attached hydrogens (tertiary/aromatic N) is 2. The lowest BCUT2D eigenvalue weighted by Crippen LogP contribution is -2.42. The molecule has 0 saturated carbocycles. The molecule has 29 heavy (non-hydrogen) atoms. The molecule has 2 atom stereocenters. The summed E-state index contributed by atoms with van der Waals surface area (Å²) >= 11 is 0. The van der Waals surface area contributed by atoms with Crippen molar-refractivity contribution < 1.29 is 13.2 Å². The summed E-state index contributed by atoms with van der Waals surface area (Å²) in [7, 11) is -2.98. The number of aliphatic imine (C=N–C) groups is 1. The summed E-state index contributed by atoms with van der Waals surface area (Å²) in [4.78, 5) is 18.9. The topological polar surface area (TPSA) is 103 Å². The molecule has 0 aliphatic carbocycles. The first-order valence-electron chi connectivity index (χ1n) is 10.6.